The molecule has 0 saturated heterocycles. The SMILES string of the molecule is CC[Si](C)([O])c1ccccc1Cl. The summed E-state index contributed by atoms with van der Waals surface area (Å²) in [6, 6.07) is 8.06. The molecule has 0 saturated carbocycles. The van der Waals surface area contributed by atoms with E-state index in [9.17, 15) is 4.80 Å². The standard InChI is InChI=1S/C9H12ClOSi/c1-3-12(2,11)9-7-5-4-6-8(9)10/h4-7H,3H2,1-2H3. The molecule has 1 rings (SSSR count). The van der Waals surface area contributed by atoms with E-state index in [1.54, 1.807) is 12.6 Å². The van der Waals surface area contributed by atoms with Gasteiger partial charge in [0.15, 0.2) is 0 Å². The van der Waals surface area contributed by atoms with E-state index in [2.05, 4.69) is 0 Å². The van der Waals surface area contributed by atoms with Crippen molar-refractivity contribution in [3.05, 3.63) is 29.3 Å². The zero-order valence-corrected chi connectivity index (χ0v) is 9.06. The fourth-order valence-electron chi connectivity index (χ4n) is 1.08. The smallest absolute Gasteiger partial charge is 0.266 e. The van der Waals surface area contributed by atoms with Crippen LogP contribution >= 0.6 is 11.6 Å². The molecule has 0 aliphatic heterocycles. The van der Waals surface area contributed by atoms with Crippen LogP contribution in [0.4, 0.5) is 0 Å². The maximum Gasteiger partial charge on any atom is 0.266 e. The van der Waals surface area contributed by atoms with E-state index in [1.165, 1.54) is 0 Å². The zero-order valence-electron chi connectivity index (χ0n) is 7.30. The van der Waals surface area contributed by atoms with Gasteiger partial charge < -0.3 is 0 Å². The number of rotatable bonds is 2. The van der Waals surface area contributed by atoms with Crippen molar-refractivity contribution in [2.24, 2.45) is 0 Å². The molecule has 0 N–H and O–H groups in total. The Bertz CT molecular complexity index is 273. The first kappa shape index (κ1) is 9.77. The van der Waals surface area contributed by atoms with Gasteiger partial charge in [-0.05, 0) is 23.8 Å². The molecule has 0 bridgehead atoms. The maximum absolute atomic E-state index is 11.9. The minimum Gasteiger partial charge on any atom is -0.292 e. The molecule has 0 aliphatic rings. The third-order valence-corrected chi connectivity index (χ3v) is 5.53. The Morgan fingerprint density at radius 3 is 2.50 bits per heavy atom. The predicted octanol–water partition coefficient (Wildman–Crippen LogP) is 2.57. The van der Waals surface area contributed by atoms with E-state index in [0.717, 1.165) is 5.19 Å². The van der Waals surface area contributed by atoms with E-state index in [4.69, 9.17) is 11.6 Å². The molecule has 1 aromatic rings. The Balaban J connectivity index is 3.10. The van der Waals surface area contributed by atoms with Crippen molar-refractivity contribution >= 4 is 25.1 Å². The molecular formula is C9H12ClOSi. The van der Waals surface area contributed by atoms with Crippen LogP contribution in [-0.2, 0) is 4.80 Å². The zero-order chi connectivity index (χ0) is 9.19. The lowest BCUT2D eigenvalue weighted by atomic mass is 10.4. The van der Waals surface area contributed by atoms with Gasteiger partial charge in [-0.25, -0.2) is 0 Å². The monoisotopic (exact) mass is 199 g/mol. The lowest BCUT2D eigenvalue weighted by Gasteiger charge is -2.16. The van der Waals surface area contributed by atoms with Gasteiger partial charge in [-0.1, -0.05) is 36.7 Å². The number of hydrogen-bond acceptors (Lipinski definition) is 0. The summed E-state index contributed by atoms with van der Waals surface area (Å²) in [6.07, 6.45) is 0. The van der Waals surface area contributed by atoms with Crippen molar-refractivity contribution in [3.8, 4) is 0 Å². The normalized spacial score (nSPS) is 15.7. The van der Waals surface area contributed by atoms with Gasteiger partial charge in [0.25, 0.3) is 8.32 Å². The summed E-state index contributed by atoms with van der Waals surface area (Å²) in [7, 11) is -2.48. The van der Waals surface area contributed by atoms with Crippen LogP contribution in [0.5, 0.6) is 0 Å². The lowest BCUT2D eigenvalue weighted by molar-refractivity contribution is 0.436. The molecule has 1 unspecified atom stereocenters. The van der Waals surface area contributed by atoms with Crippen LogP contribution < -0.4 is 5.19 Å². The molecule has 1 radical (unpaired) electrons. The molecule has 0 amide bonds. The van der Waals surface area contributed by atoms with Gasteiger partial charge in [-0.3, -0.25) is 4.80 Å². The molecule has 0 aliphatic carbocycles. The fourth-order valence-corrected chi connectivity index (χ4v) is 3.23. The first-order valence-corrected chi connectivity index (χ1v) is 7.02. The third kappa shape index (κ3) is 1.89. The van der Waals surface area contributed by atoms with Crippen molar-refractivity contribution in [1.82, 2.24) is 0 Å². The van der Waals surface area contributed by atoms with Crippen molar-refractivity contribution < 1.29 is 4.80 Å². The van der Waals surface area contributed by atoms with E-state index in [-0.39, 0.29) is 0 Å². The van der Waals surface area contributed by atoms with Gasteiger partial charge in [0.2, 0.25) is 0 Å². The van der Waals surface area contributed by atoms with E-state index in [0.29, 0.717) is 11.1 Å². The highest BCUT2D eigenvalue weighted by molar-refractivity contribution is 6.85. The van der Waals surface area contributed by atoms with Gasteiger partial charge in [0.1, 0.15) is 0 Å². The lowest BCUT2D eigenvalue weighted by Crippen LogP contribution is -2.43. The summed E-state index contributed by atoms with van der Waals surface area (Å²) >= 11 is 5.92. The van der Waals surface area contributed by atoms with Crippen LogP contribution in [-0.4, -0.2) is 8.32 Å². The summed E-state index contributed by atoms with van der Waals surface area (Å²) in [4.78, 5) is 11.9. The molecule has 1 nitrogen and oxygen atoms in total. The Morgan fingerprint density at radius 1 is 1.42 bits per heavy atom. The van der Waals surface area contributed by atoms with E-state index in [1.807, 2.05) is 25.1 Å². The highest BCUT2D eigenvalue weighted by atomic mass is 35.5. The largest absolute Gasteiger partial charge is 0.292 e. The van der Waals surface area contributed by atoms with Crippen LogP contribution in [0.3, 0.4) is 0 Å². The first-order chi connectivity index (χ1) is 5.58. The second-order valence-corrected chi connectivity index (χ2v) is 7.18. The molecule has 0 fully saturated rings. The molecule has 1 aromatic carbocycles. The minimum atomic E-state index is -2.48. The summed E-state index contributed by atoms with van der Waals surface area (Å²) in [5.41, 5.74) is 0. The number of hydrogen-bond donors (Lipinski definition) is 0. The van der Waals surface area contributed by atoms with Crippen LogP contribution in [0.2, 0.25) is 17.6 Å². The Morgan fingerprint density at radius 2 is 2.00 bits per heavy atom. The molecule has 12 heavy (non-hydrogen) atoms. The van der Waals surface area contributed by atoms with E-state index < -0.39 is 8.32 Å². The minimum absolute atomic E-state index is 0.628. The van der Waals surface area contributed by atoms with Crippen LogP contribution in [0.25, 0.3) is 0 Å². The van der Waals surface area contributed by atoms with Crippen molar-refractivity contribution in [1.29, 1.82) is 0 Å². The highest BCUT2D eigenvalue weighted by Gasteiger charge is 2.29. The molecule has 3 heteroatoms. The second-order valence-electron chi connectivity index (χ2n) is 3.06. The average Bonchev–Trinajstić information content (AvgIpc) is 2.05. The number of benzene rings is 1. The van der Waals surface area contributed by atoms with Crippen molar-refractivity contribution in [2.75, 3.05) is 0 Å². The topological polar surface area (TPSA) is 19.9 Å². The second kappa shape index (κ2) is 3.60. The quantitative estimate of drug-likeness (QED) is 0.653. The van der Waals surface area contributed by atoms with Gasteiger partial charge in [-0.15, -0.1) is 0 Å². The summed E-state index contributed by atoms with van der Waals surface area (Å²) in [5, 5.41) is 1.46. The molecule has 65 valence electrons. The molecular weight excluding hydrogens is 188 g/mol. The fraction of sp³-hybridized carbons (Fsp3) is 0.333. The molecule has 0 aromatic heterocycles. The van der Waals surface area contributed by atoms with Gasteiger partial charge >= 0.3 is 0 Å². The van der Waals surface area contributed by atoms with E-state index >= 15 is 0 Å². The van der Waals surface area contributed by atoms with Crippen LogP contribution in [0.1, 0.15) is 6.92 Å². The predicted molar refractivity (Wildman–Crippen MR) is 53.9 cm³/mol. The summed E-state index contributed by atoms with van der Waals surface area (Å²) in [6.45, 7) is 3.73. The number of halogens is 1. The maximum atomic E-state index is 11.9. The molecule has 1 atom stereocenters. The van der Waals surface area contributed by atoms with Gasteiger partial charge in [-0.2, -0.15) is 0 Å². The van der Waals surface area contributed by atoms with Gasteiger partial charge in [0.05, 0.1) is 0 Å². The average molecular weight is 200 g/mol. The Labute approximate surface area is 79.1 Å². The summed E-state index contributed by atoms with van der Waals surface area (Å²) in [5.74, 6) is 0. The Kier molecular flexibility index (Phi) is 2.93. The highest BCUT2D eigenvalue weighted by Crippen LogP contribution is 2.13. The third-order valence-electron chi connectivity index (χ3n) is 2.12. The summed E-state index contributed by atoms with van der Waals surface area (Å²) < 4.78 is 0. The van der Waals surface area contributed by atoms with Crippen LogP contribution in [0.15, 0.2) is 24.3 Å². The van der Waals surface area contributed by atoms with Crippen molar-refractivity contribution in [3.63, 3.8) is 0 Å². The first-order valence-electron chi connectivity index (χ1n) is 4.03. The molecule has 0 heterocycles. The van der Waals surface area contributed by atoms with Crippen molar-refractivity contribution in [2.45, 2.75) is 19.5 Å². The molecule has 0 spiro atoms. The van der Waals surface area contributed by atoms with Crippen LogP contribution in [0, 0.1) is 0 Å². The Hall–Kier alpha value is -0.313. The van der Waals surface area contributed by atoms with Gasteiger partial charge in [0, 0.05) is 5.02 Å².